The van der Waals surface area contributed by atoms with Gasteiger partial charge >= 0.3 is 0 Å². The Morgan fingerprint density at radius 2 is 1.94 bits per heavy atom. The van der Waals surface area contributed by atoms with Gasteiger partial charge in [-0.3, -0.25) is 4.79 Å². The van der Waals surface area contributed by atoms with Gasteiger partial charge < -0.3 is 10.6 Å². The predicted molar refractivity (Wildman–Crippen MR) is 72.9 cm³/mol. The molecule has 0 fully saturated rings. The molecule has 1 aromatic carbocycles. The standard InChI is InChI=1S/C12H11ClN2OS/c1-15(9-4-2-8(14)3-5-9)12(16)11-10(13)6-7-17-11/h2-7H,14H2,1H3. The number of halogens is 1. The lowest BCUT2D eigenvalue weighted by atomic mass is 10.2. The molecular formula is C12H11ClN2OS. The summed E-state index contributed by atoms with van der Waals surface area (Å²) >= 11 is 7.27. The highest BCUT2D eigenvalue weighted by Crippen LogP contribution is 2.25. The van der Waals surface area contributed by atoms with E-state index in [9.17, 15) is 4.79 Å². The largest absolute Gasteiger partial charge is 0.399 e. The molecule has 0 radical (unpaired) electrons. The van der Waals surface area contributed by atoms with E-state index in [4.69, 9.17) is 17.3 Å². The van der Waals surface area contributed by atoms with E-state index in [2.05, 4.69) is 0 Å². The maximum atomic E-state index is 12.1. The number of hydrogen-bond acceptors (Lipinski definition) is 3. The highest BCUT2D eigenvalue weighted by atomic mass is 35.5. The third-order valence-electron chi connectivity index (χ3n) is 2.40. The average Bonchev–Trinajstić information content (AvgIpc) is 2.74. The van der Waals surface area contributed by atoms with E-state index in [1.54, 1.807) is 47.7 Å². The number of benzene rings is 1. The molecule has 0 bridgehead atoms. The fourth-order valence-corrected chi connectivity index (χ4v) is 2.52. The number of nitrogens with zero attached hydrogens (tertiary/aromatic N) is 1. The van der Waals surface area contributed by atoms with Gasteiger partial charge in [-0.1, -0.05) is 11.6 Å². The zero-order chi connectivity index (χ0) is 12.4. The van der Waals surface area contributed by atoms with Crippen LogP contribution in [0.3, 0.4) is 0 Å². The molecule has 88 valence electrons. The lowest BCUT2D eigenvalue weighted by Gasteiger charge is -2.16. The van der Waals surface area contributed by atoms with Crippen molar-refractivity contribution in [1.82, 2.24) is 0 Å². The molecule has 3 nitrogen and oxygen atoms in total. The Balaban J connectivity index is 2.26. The molecule has 0 aliphatic rings. The molecule has 1 heterocycles. The molecule has 0 unspecified atom stereocenters. The first-order chi connectivity index (χ1) is 8.09. The number of anilines is 2. The van der Waals surface area contributed by atoms with Crippen molar-refractivity contribution in [2.75, 3.05) is 17.7 Å². The highest BCUT2D eigenvalue weighted by Gasteiger charge is 2.17. The quantitative estimate of drug-likeness (QED) is 0.848. The van der Waals surface area contributed by atoms with Gasteiger partial charge in [0.1, 0.15) is 4.88 Å². The second kappa shape index (κ2) is 4.77. The van der Waals surface area contributed by atoms with Crippen LogP contribution in [0.25, 0.3) is 0 Å². The van der Waals surface area contributed by atoms with Gasteiger partial charge in [-0.2, -0.15) is 0 Å². The van der Waals surface area contributed by atoms with Gasteiger partial charge in [0, 0.05) is 18.4 Å². The van der Waals surface area contributed by atoms with Gasteiger partial charge in [-0.25, -0.2) is 0 Å². The zero-order valence-corrected chi connectivity index (χ0v) is 10.8. The lowest BCUT2D eigenvalue weighted by molar-refractivity contribution is 0.0997. The topological polar surface area (TPSA) is 46.3 Å². The molecule has 0 aliphatic carbocycles. The zero-order valence-electron chi connectivity index (χ0n) is 9.18. The van der Waals surface area contributed by atoms with Crippen LogP contribution >= 0.6 is 22.9 Å². The Morgan fingerprint density at radius 1 is 1.29 bits per heavy atom. The lowest BCUT2D eigenvalue weighted by Crippen LogP contribution is -2.25. The Labute approximate surface area is 108 Å². The van der Waals surface area contributed by atoms with Gasteiger partial charge in [-0.15, -0.1) is 11.3 Å². The Bertz CT molecular complexity index is 536. The number of nitrogen functional groups attached to an aromatic ring is 1. The minimum atomic E-state index is -0.116. The van der Waals surface area contributed by atoms with E-state index in [1.165, 1.54) is 11.3 Å². The van der Waals surface area contributed by atoms with Crippen molar-refractivity contribution in [3.8, 4) is 0 Å². The minimum Gasteiger partial charge on any atom is -0.399 e. The van der Waals surface area contributed by atoms with Crippen LogP contribution in [0.1, 0.15) is 9.67 Å². The van der Waals surface area contributed by atoms with E-state index in [-0.39, 0.29) is 5.91 Å². The molecule has 2 rings (SSSR count). The average molecular weight is 267 g/mol. The summed E-state index contributed by atoms with van der Waals surface area (Å²) in [5.41, 5.74) is 7.06. The van der Waals surface area contributed by atoms with Crippen molar-refractivity contribution >= 4 is 40.2 Å². The first kappa shape index (κ1) is 12.0. The van der Waals surface area contributed by atoms with Crippen molar-refractivity contribution in [3.63, 3.8) is 0 Å². The second-order valence-corrected chi connectivity index (χ2v) is 4.88. The van der Waals surface area contributed by atoms with Gasteiger partial charge in [0.25, 0.3) is 5.91 Å². The predicted octanol–water partition coefficient (Wildman–Crippen LogP) is 3.26. The van der Waals surface area contributed by atoms with Crippen LogP contribution in [-0.2, 0) is 0 Å². The molecule has 2 aromatic rings. The van der Waals surface area contributed by atoms with Gasteiger partial charge in [0.15, 0.2) is 0 Å². The maximum Gasteiger partial charge on any atom is 0.269 e. The molecule has 5 heteroatoms. The smallest absolute Gasteiger partial charge is 0.269 e. The Morgan fingerprint density at radius 3 is 2.47 bits per heavy atom. The monoisotopic (exact) mass is 266 g/mol. The molecule has 1 amide bonds. The number of carbonyl (C=O) groups is 1. The van der Waals surface area contributed by atoms with E-state index < -0.39 is 0 Å². The molecule has 0 saturated heterocycles. The number of nitrogens with two attached hydrogens (primary N) is 1. The van der Waals surface area contributed by atoms with Gasteiger partial charge in [0.05, 0.1) is 5.02 Å². The summed E-state index contributed by atoms with van der Waals surface area (Å²) in [6.45, 7) is 0. The number of rotatable bonds is 2. The van der Waals surface area contributed by atoms with E-state index in [0.29, 0.717) is 15.6 Å². The molecule has 0 aliphatic heterocycles. The van der Waals surface area contributed by atoms with Crippen molar-refractivity contribution in [2.24, 2.45) is 0 Å². The summed E-state index contributed by atoms with van der Waals surface area (Å²) in [5, 5.41) is 2.29. The highest BCUT2D eigenvalue weighted by molar-refractivity contribution is 7.12. The van der Waals surface area contributed by atoms with Crippen LogP contribution in [0, 0.1) is 0 Å². The van der Waals surface area contributed by atoms with Crippen LogP contribution in [0.5, 0.6) is 0 Å². The van der Waals surface area contributed by atoms with Crippen LogP contribution in [0.4, 0.5) is 11.4 Å². The minimum absolute atomic E-state index is 0.116. The van der Waals surface area contributed by atoms with Gasteiger partial charge in [-0.05, 0) is 35.7 Å². The summed E-state index contributed by atoms with van der Waals surface area (Å²) < 4.78 is 0. The van der Waals surface area contributed by atoms with E-state index in [1.807, 2.05) is 0 Å². The first-order valence-electron chi connectivity index (χ1n) is 4.96. The SMILES string of the molecule is CN(C(=O)c1sccc1Cl)c1ccc(N)cc1. The number of carbonyl (C=O) groups excluding carboxylic acids is 1. The second-order valence-electron chi connectivity index (χ2n) is 3.55. The van der Waals surface area contributed by atoms with Crippen LogP contribution < -0.4 is 10.6 Å². The number of hydrogen-bond donors (Lipinski definition) is 1. The fraction of sp³-hybridized carbons (Fsp3) is 0.0833. The normalized spacial score (nSPS) is 10.2. The summed E-state index contributed by atoms with van der Waals surface area (Å²) in [6.07, 6.45) is 0. The van der Waals surface area contributed by atoms with Crippen LogP contribution in [-0.4, -0.2) is 13.0 Å². The number of thiophene rings is 1. The van der Waals surface area contributed by atoms with Crippen molar-refractivity contribution in [1.29, 1.82) is 0 Å². The van der Waals surface area contributed by atoms with E-state index in [0.717, 1.165) is 5.69 Å². The van der Waals surface area contributed by atoms with Crippen LogP contribution in [0.15, 0.2) is 35.7 Å². The maximum absolute atomic E-state index is 12.1. The third-order valence-corrected chi connectivity index (χ3v) is 3.73. The Kier molecular flexibility index (Phi) is 3.36. The fourth-order valence-electron chi connectivity index (χ4n) is 1.41. The van der Waals surface area contributed by atoms with Crippen LogP contribution in [0.2, 0.25) is 5.02 Å². The summed E-state index contributed by atoms with van der Waals surface area (Å²) in [4.78, 5) is 14.2. The molecule has 17 heavy (non-hydrogen) atoms. The molecule has 2 N–H and O–H groups in total. The molecular weight excluding hydrogens is 256 g/mol. The van der Waals surface area contributed by atoms with E-state index >= 15 is 0 Å². The number of amides is 1. The Hall–Kier alpha value is -1.52. The molecule has 0 saturated carbocycles. The summed E-state index contributed by atoms with van der Waals surface area (Å²) in [5.74, 6) is -0.116. The first-order valence-corrected chi connectivity index (χ1v) is 6.22. The van der Waals surface area contributed by atoms with Crippen molar-refractivity contribution in [2.45, 2.75) is 0 Å². The third kappa shape index (κ3) is 2.43. The summed E-state index contributed by atoms with van der Waals surface area (Å²) in [7, 11) is 1.71. The summed E-state index contributed by atoms with van der Waals surface area (Å²) in [6, 6.07) is 8.84. The molecule has 0 atom stereocenters. The van der Waals surface area contributed by atoms with Crippen molar-refractivity contribution < 1.29 is 4.79 Å². The molecule has 1 aromatic heterocycles. The van der Waals surface area contributed by atoms with Gasteiger partial charge in [0.2, 0.25) is 0 Å². The van der Waals surface area contributed by atoms with Crippen molar-refractivity contribution in [3.05, 3.63) is 45.6 Å². The molecule has 0 spiro atoms.